The first-order chi connectivity index (χ1) is 6.49. The Morgan fingerprint density at radius 2 is 2.21 bits per heavy atom. The molecular formula is C7H12O6S. The van der Waals surface area contributed by atoms with E-state index in [0.29, 0.717) is 19.8 Å². The molecule has 1 unspecified atom stereocenters. The third kappa shape index (κ3) is 2.23. The zero-order valence-corrected chi connectivity index (χ0v) is 8.58. The first-order valence-electron chi connectivity index (χ1n) is 4.23. The lowest BCUT2D eigenvalue weighted by molar-refractivity contribution is -0.298. The first kappa shape index (κ1) is 10.3. The molecule has 2 saturated heterocycles. The van der Waals surface area contributed by atoms with E-state index < -0.39 is 15.9 Å². The molecule has 0 saturated carbocycles. The highest BCUT2D eigenvalue weighted by atomic mass is 32.2. The molecule has 0 radical (unpaired) electrons. The van der Waals surface area contributed by atoms with Crippen molar-refractivity contribution in [1.82, 2.24) is 0 Å². The number of rotatable bonds is 3. The maximum atomic E-state index is 10.7. The van der Waals surface area contributed by atoms with Crippen molar-refractivity contribution in [3.8, 4) is 0 Å². The SMILES string of the molecule is CS(=O)(=O)OCC1COC2(COC2)O1. The van der Waals surface area contributed by atoms with Crippen LogP contribution < -0.4 is 0 Å². The average Bonchev–Trinajstić information content (AvgIpc) is 2.42. The molecule has 0 N–H and O–H groups in total. The molecule has 6 nitrogen and oxygen atoms in total. The van der Waals surface area contributed by atoms with E-state index in [0.717, 1.165) is 6.26 Å². The average molecular weight is 224 g/mol. The molecule has 0 bridgehead atoms. The number of hydrogen-bond acceptors (Lipinski definition) is 6. The van der Waals surface area contributed by atoms with Crippen molar-refractivity contribution >= 4 is 10.1 Å². The van der Waals surface area contributed by atoms with Gasteiger partial charge in [0.2, 0.25) is 5.79 Å². The minimum absolute atomic E-state index is 0.000579. The van der Waals surface area contributed by atoms with E-state index in [1.807, 2.05) is 0 Å². The van der Waals surface area contributed by atoms with Crippen LogP contribution in [0.4, 0.5) is 0 Å². The summed E-state index contributed by atoms with van der Waals surface area (Å²) in [4.78, 5) is 0. The first-order valence-corrected chi connectivity index (χ1v) is 6.05. The van der Waals surface area contributed by atoms with Crippen LogP contribution in [0.15, 0.2) is 0 Å². The zero-order chi connectivity index (χ0) is 10.2. The molecule has 2 heterocycles. The van der Waals surface area contributed by atoms with Crippen molar-refractivity contribution in [3.63, 3.8) is 0 Å². The summed E-state index contributed by atoms with van der Waals surface area (Å²) in [6.07, 6.45) is 0.680. The van der Waals surface area contributed by atoms with Gasteiger partial charge in [-0.2, -0.15) is 8.42 Å². The van der Waals surface area contributed by atoms with E-state index in [-0.39, 0.29) is 12.7 Å². The second-order valence-corrected chi connectivity index (χ2v) is 5.09. The molecular weight excluding hydrogens is 212 g/mol. The molecule has 1 atom stereocenters. The molecule has 0 aromatic rings. The number of hydrogen-bond donors (Lipinski definition) is 0. The Balaban J connectivity index is 1.79. The summed E-state index contributed by atoms with van der Waals surface area (Å²) < 4.78 is 41.7. The van der Waals surface area contributed by atoms with Crippen LogP contribution in [0.3, 0.4) is 0 Å². The minimum Gasteiger partial charge on any atom is -0.370 e. The summed E-state index contributed by atoms with van der Waals surface area (Å²) in [5.41, 5.74) is 0. The molecule has 0 amide bonds. The van der Waals surface area contributed by atoms with Crippen molar-refractivity contribution in [1.29, 1.82) is 0 Å². The lowest BCUT2D eigenvalue weighted by atomic mass is 10.2. The molecule has 14 heavy (non-hydrogen) atoms. The summed E-state index contributed by atoms with van der Waals surface area (Å²) in [6, 6.07) is 0. The monoisotopic (exact) mass is 224 g/mol. The summed E-state index contributed by atoms with van der Waals surface area (Å²) in [5, 5.41) is 0. The smallest absolute Gasteiger partial charge is 0.264 e. The van der Waals surface area contributed by atoms with Gasteiger partial charge in [0.25, 0.3) is 10.1 Å². The molecule has 2 rings (SSSR count). The van der Waals surface area contributed by atoms with Crippen LogP contribution in [0.5, 0.6) is 0 Å². The van der Waals surface area contributed by atoms with Crippen LogP contribution in [0.25, 0.3) is 0 Å². The largest absolute Gasteiger partial charge is 0.370 e. The van der Waals surface area contributed by atoms with E-state index in [1.54, 1.807) is 0 Å². The van der Waals surface area contributed by atoms with Gasteiger partial charge in [0.1, 0.15) is 19.3 Å². The normalized spacial score (nSPS) is 30.5. The summed E-state index contributed by atoms with van der Waals surface area (Å²) >= 11 is 0. The van der Waals surface area contributed by atoms with E-state index in [1.165, 1.54) is 0 Å². The Labute approximate surface area is 82.2 Å². The van der Waals surface area contributed by atoms with E-state index in [4.69, 9.17) is 14.2 Å². The fourth-order valence-electron chi connectivity index (χ4n) is 1.32. The highest BCUT2D eigenvalue weighted by molar-refractivity contribution is 7.85. The maximum Gasteiger partial charge on any atom is 0.264 e. The summed E-state index contributed by atoms with van der Waals surface area (Å²) in [6.45, 7) is 1.16. The van der Waals surface area contributed by atoms with Crippen molar-refractivity contribution in [2.24, 2.45) is 0 Å². The summed E-state index contributed by atoms with van der Waals surface area (Å²) in [5.74, 6) is -0.633. The van der Waals surface area contributed by atoms with Gasteiger partial charge in [0, 0.05) is 0 Å². The minimum atomic E-state index is -3.40. The Bertz CT molecular complexity index is 306. The Morgan fingerprint density at radius 3 is 2.64 bits per heavy atom. The van der Waals surface area contributed by atoms with Gasteiger partial charge < -0.3 is 14.2 Å². The van der Waals surface area contributed by atoms with Crippen LogP contribution in [-0.2, 0) is 28.5 Å². The summed E-state index contributed by atoms with van der Waals surface area (Å²) in [7, 11) is -3.40. The highest BCUT2D eigenvalue weighted by Gasteiger charge is 2.48. The predicted molar refractivity (Wildman–Crippen MR) is 45.2 cm³/mol. The van der Waals surface area contributed by atoms with Crippen LogP contribution in [0, 0.1) is 0 Å². The number of ether oxygens (including phenoxy) is 3. The third-order valence-electron chi connectivity index (χ3n) is 2.03. The fraction of sp³-hybridized carbons (Fsp3) is 1.00. The van der Waals surface area contributed by atoms with Gasteiger partial charge in [0.05, 0.1) is 19.5 Å². The molecule has 1 spiro atoms. The maximum absolute atomic E-state index is 10.7. The van der Waals surface area contributed by atoms with Gasteiger partial charge in [-0.25, -0.2) is 0 Å². The molecule has 0 aliphatic carbocycles. The second-order valence-electron chi connectivity index (χ2n) is 3.44. The van der Waals surface area contributed by atoms with Gasteiger partial charge in [-0.1, -0.05) is 0 Å². The van der Waals surface area contributed by atoms with Crippen LogP contribution in [0.2, 0.25) is 0 Å². The Hall–Kier alpha value is -0.210. The van der Waals surface area contributed by atoms with Gasteiger partial charge in [-0.05, 0) is 0 Å². The predicted octanol–water partition coefficient (Wildman–Crippen LogP) is -0.895. The van der Waals surface area contributed by atoms with Gasteiger partial charge in [-0.15, -0.1) is 0 Å². The molecule has 2 aliphatic rings. The molecule has 0 aromatic heterocycles. The molecule has 82 valence electrons. The highest BCUT2D eigenvalue weighted by Crippen LogP contribution is 2.30. The van der Waals surface area contributed by atoms with Crippen molar-refractivity contribution in [2.45, 2.75) is 11.9 Å². The molecule has 2 aliphatic heterocycles. The quantitative estimate of drug-likeness (QED) is 0.579. The van der Waals surface area contributed by atoms with E-state index in [9.17, 15) is 8.42 Å². The zero-order valence-electron chi connectivity index (χ0n) is 7.76. The lowest BCUT2D eigenvalue weighted by Crippen LogP contribution is -2.51. The fourth-order valence-corrected chi connectivity index (χ4v) is 1.72. The van der Waals surface area contributed by atoms with Gasteiger partial charge >= 0.3 is 0 Å². The van der Waals surface area contributed by atoms with Gasteiger partial charge in [-0.3, -0.25) is 4.18 Å². The van der Waals surface area contributed by atoms with Gasteiger partial charge in [0.15, 0.2) is 0 Å². The van der Waals surface area contributed by atoms with Crippen LogP contribution in [0.1, 0.15) is 0 Å². The second kappa shape index (κ2) is 3.42. The third-order valence-corrected chi connectivity index (χ3v) is 2.59. The van der Waals surface area contributed by atoms with Crippen LogP contribution in [-0.4, -0.2) is 53.0 Å². The lowest BCUT2D eigenvalue weighted by Gasteiger charge is -2.35. The Morgan fingerprint density at radius 1 is 1.50 bits per heavy atom. The van der Waals surface area contributed by atoms with Crippen molar-refractivity contribution in [2.75, 3.05) is 32.7 Å². The van der Waals surface area contributed by atoms with E-state index >= 15 is 0 Å². The Kier molecular flexibility index (Phi) is 2.52. The topological polar surface area (TPSA) is 71.1 Å². The molecule has 0 aromatic carbocycles. The van der Waals surface area contributed by atoms with Crippen molar-refractivity contribution < 1.29 is 26.8 Å². The van der Waals surface area contributed by atoms with E-state index in [2.05, 4.69) is 4.18 Å². The van der Waals surface area contributed by atoms with Crippen molar-refractivity contribution in [3.05, 3.63) is 0 Å². The van der Waals surface area contributed by atoms with Crippen LogP contribution >= 0.6 is 0 Å². The molecule has 7 heteroatoms. The molecule has 2 fully saturated rings. The standard InChI is InChI=1S/C7H12O6S/c1-14(8,9)12-3-6-2-11-7(13-6)4-10-5-7/h6H,2-5H2,1H3.